The Hall–Kier alpha value is -1.59. The number of hydrogen-bond donors (Lipinski definition) is 1. The normalized spacial score (nSPS) is 18.4. The van der Waals surface area contributed by atoms with Crippen molar-refractivity contribution in [2.75, 3.05) is 31.6 Å². The Labute approximate surface area is 130 Å². The molecule has 3 rings (SSSR count). The number of nitrogens with two attached hydrogens (primary N) is 1. The van der Waals surface area contributed by atoms with Crippen molar-refractivity contribution in [2.45, 2.75) is 12.8 Å². The van der Waals surface area contributed by atoms with Gasteiger partial charge in [0.1, 0.15) is 0 Å². The van der Waals surface area contributed by atoms with Crippen molar-refractivity contribution < 1.29 is 4.74 Å². The van der Waals surface area contributed by atoms with Crippen molar-refractivity contribution in [1.29, 1.82) is 0 Å². The summed E-state index contributed by atoms with van der Waals surface area (Å²) in [6, 6.07) is 7.87. The maximum Gasteiger partial charge on any atom is 0.257 e. The van der Waals surface area contributed by atoms with Gasteiger partial charge in [-0.05, 0) is 37.4 Å². The molecule has 2 aromatic rings. The van der Waals surface area contributed by atoms with Crippen LogP contribution in [0.5, 0.6) is 5.88 Å². The van der Waals surface area contributed by atoms with Gasteiger partial charge in [0.2, 0.25) is 0 Å². The molecule has 1 aromatic carbocycles. The van der Waals surface area contributed by atoms with E-state index in [9.17, 15) is 0 Å². The van der Waals surface area contributed by atoms with E-state index in [1.165, 1.54) is 6.42 Å². The summed E-state index contributed by atoms with van der Waals surface area (Å²) in [6.07, 6.45) is 2.33. The molecule has 0 radical (unpaired) electrons. The maximum absolute atomic E-state index is 5.81. The first-order chi connectivity index (χ1) is 9.81. The molecule has 0 spiro atoms. The van der Waals surface area contributed by atoms with Crippen LogP contribution in [0.1, 0.15) is 12.8 Å². The van der Waals surface area contributed by atoms with Crippen molar-refractivity contribution in [3.05, 3.63) is 24.3 Å². The number of fused-ring (bicyclic) bond motifs is 1. The molecule has 0 aliphatic carbocycles. The van der Waals surface area contributed by atoms with E-state index in [-0.39, 0.29) is 12.4 Å². The summed E-state index contributed by atoms with van der Waals surface area (Å²) >= 11 is 0. The first-order valence-electron chi connectivity index (χ1n) is 7.07. The molecule has 1 fully saturated rings. The molecule has 6 heteroatoms. The number of aromatic nitrogens is 2. The van der Waals surface area contributed by atoms with E-state index in [4.69, 9.17) is 15.5 Å². The summed E-state index contributed by atoms with van der Waals surface area (Å²) in [6.45, 7) is 2.64. The second-order valence-corrected chi connectivity index (χ2v) is 5.24. The van der Waals surface area contributed by atoms with Crippen LogP contribution in [0.3, 0.4) is 0 Å². The fraction of sp³-hybridized carbons (Fsp3) is 0.467. The highest BCUT2D eigenvalue weighted by molar-refractivity contribution is 5.85. The molecule has 1 aromatic heterocycles. The number of piperidine rings is 1. The average molecular weight is 309 g/mol. The SMILES string of the molecule is COc1nc2ccccc2nc1N1CCCC(CN)C1.Cl. The predicted octanol–water partition coefficient (Wildman–Crippen LogP) is 2.24. The van der Waals surface area contributed by atoms with Gasteiger partial charge in [-0.1, -0.05) is 12.1 Å². The molecule has 21 heavy (non-hydrogen) atoms. The van der Waals surface area contributed by atoms with Crippen LogP contribution in [0.2, 0.25) is 0 Å². The average Bonchev–Trinajstić information content (AvgIpc) is 2.53. The Kier molecular flexibility index (Phi) is 5.20. The smallest absolute Gasteiger partial charge is 0.257 e. The standard InChI is InChI=1S/C15H20N4O.ClH/c1-20-15-14(19-8-4-5-11(9-16)10-19)17-12-6-2-3-7-13(12)18-15;/h2-3,6-7,11H,4-5,8-10,16H2,1H3;1H. The number of anilines is 1. The topological polar surface area (TPSA) is 64.3 Å². The molecule has 5 nitrogen and oxygen atoms in total. The van der Waals surface area contributed by atoms with E-state index >= 15 is 0 Å². The number of methoxy groups -OCH3 is 1. The monoisotopic (exact) mass is 308 g/mol. The van der Waals surface area contributed by atoms with Crippen molar-refractivity contribution in [2.24, 2.45) is 11.7 Å². The van der Waals surface area contributed by atoms with Crippen molar-refractivity contribution in [1.82, 2.24) is 9.97 Å². The van der Waals surface area contributed by atoms with Gasteiger partial charge in [0.25, 0.3) is 5.88 Å². The van der Waals surface area contributed by atoms with E-state index < -0.39 is 0 Å². The van der Waals surface area contributed by atoms with Crippen LogP contribution in [-0.4, -0.2) is 36.7 Å². The number of nitrogens with zero attached hydrogens (tertiary/aromatic N) is 3. The minimum atomic E-state index is 0. The van der Waals surface area contributed by atoms with Gasteiger partial charge in [-0.15, -0.1) is 12.4 Å². The molecule has 1 aliphatic heterocycles. The lowest BCUT2D eigenvalue weighted by molar-refractivity contribution is 0.385. The highest BCUT2D eigenvalue weighted by atomic mass is 35.5. The van der Waals surface area contributed by atoms with Gasteiger partial charge in [-0.3, -0.25) is 0 Å². The van der Waals surface area contributed by atoms with Gasteiger partial charge in [0.15, 0.2) is 5.82 Å². The number of rotatable bonds is 3. The van der Waals surface area contributed by atoms with E-state index in [0.717, 1.165) is 42.9 Å². The second kappa shape index (κ2) is 6.91. The molecule has 1 atom stereocenters. The Morgan fingerprint density at radius 2 is 2.00 bits per heavy atom. The molecule has 2 heterocycles. The molecule has 0 amide bonds. The van der Waals surface area contributed by atoms with Gasteiger partial charge >= 0.3 is 0 Å². The third-order valence-electron chi connectivity index (χ3n) is 3.87. The van der Waals surface area contributed by atoms with Crippen LogP contribution in [0.25, 0.3) is 11.0 Å². The molecular weight excluding hydrogens is 288 g/mol. The van der Waals surface area contributed by atoms with E-state index in [1.807, 2.05) is 24.3 Å². The zero-order chi connectivity index (χ0) is 13.9. The molecule has 0 saturated carbocycles. The molecule has 2 N–H and O–H groups in total. The summed E-state index contributed by atoms with van der Waals surface area (Å²) in [5, 5.41) is 0. The molecule has 1 unspecified atom stereocenters. The number of para-hydroxylation sites is 2. The Morgan fingerprint density at radius 1 is 1.29 bits per heavy atom. The van der Waals surface area contributed by atoms with Crippen LogP contribution >= 0.6 is 12.4 Å². The number of halogens is 1. The lowest BCUT2D eigenvalue weighted by atomic mass is 9.98. The Bertz CT molecular complexity index is 607. The fourth-order valence-electron chi connectivity index (χ4n) is 2.77. The number of ether oxygens (including phenoxy) is 1. The summed E-state index contributed by atoms with van der Waals surface area (Å²) in [7, 11) is 1.65. The third kappa shape index (κ3) is 3.19. The third-order valence-corrected chi connectivity index (χ3v) is 3.87. The number of benzene rings is 1. The van der Waals surface area contributed by atoms with Crippen LogP contribution in [0, 0.1) is 5.92 Å². The molecule has 1 aliphatic rings. The van der Waals surface area contributed by atoms with E-state index in [0.29, 0.717) is 11.8 Å². The zero-order valence-electron chi connectivity index (χ0n) is 12.2. The second-order valence-electron chi connectivity index (χ2n) is 5.24. The summed E-state index contributed by atoms with van der Waals surface area (Å²) in [4.78, 5) is 11.5. The largest absolute Gasteiger partial charge is 0.478 e. The van der Waals surface area contributed by atoms with Crippen LogP contribution in [-0.2, 0) is 0 Å². The molecule has 0 bridgehead atoms. The minimum Gasteiger partial charge on any atom is -0.478 e. The van der Waals surface area contributed by atoms with Crippen LogP contribution < -0.4 is 15.4 Å². The maximum atomic E-state index is 5.81. The van der Waals surface area contributed by atoms with E-state index in [2.05, 4.69) is 9.88 Å². The van der Waals surface area contributed by atoms with Crippen LogP contribution in [0.4, 0.5) is 5.82 Å². The molecule has 114 valence electrons. The highest BCUT2D eigenvalue weighted by Gasteiger charge is 2.23. The molecular formula is C15H21ClN4O. The summed E-state index contributed by atoms with van der Waals surface area (Å²) < 4.78 is 5.43. The predicted molar refractivity (Wildman–Crippen MR) is 87.3 cm³/mol. The lowest BCUT2D eigenvalue weighted by Crippen LogP contribution is -2.39. The number of hydrogen-bond acceptors (Lipinski definition) is 5. The quantitative estimate of drug-likeness (QED) is 0.942. The van der Waals surface area contributed by atoms with Gasteiger partial charge in [-0.25, -0.2) is 9.97 Å². The summed E-state index contributed by atoms with van der Waals surface area (Å²) in [5.74, 6) is 1.97. The fourth-order valence-corrected chi connectivity index (χ4v) is 2.77. The Morgan fingerprint density at radius 3 is 2.67 bits per heavy atom. The van der Waals surface area contributed by atoms with Gasteiger partial charge in [0.05, 0.1) is 18.1 Å². The molecule has 1 saturated heterocycles. The van der Waals surface area contributed by atoms with Gasteiger partial charge in [-0.2, -0.15) is 0 Å². The lowest BCUT2D eigenvalue weighted by Gasteiger charge is -2.33. The Balaban J connectivity index is 0.00000161. The van der Waals surface area contributed by atoms with Crippen molar-refractivity contribution >= 4 is 29.3 Å². The van der Waals surface area contributed by atoms with Crippen molar-refractivity contribution in [3.8, 4) is 5.88 Å². The van der Waals surface area contributed by atoms with Crippen LogP contribution in [0.15, 0.2) is 24.3 Å². The first-order valence-corrected chi connectivity index (χ1v) is 7.07. The van der Waals surface area contributed by atoms with E-state index in [1.54, 1.807) is 7.11 Å². The van der Waals surface area contributed by atoms with Crippen molar-refractivity contribution in [3.63, 3.8) is 0 Å². The first kappa shape index (κ1) is 15.8. The minimum absolute atomic E-state index is 0. The summed E-state index contributed by atoms with van der Waals surface area (Å²) in [5.41, 5.74) is 7.57. The zero-order valence-corrected chi connectivity index (χ0v) is 13.0. The van der Waals surface area contributed by atoms with Gasteiger partial charge < -0.3 is 15.4 Å². The van der Waals surface area contributed by atoms with Gasteiger partial charge in [0, 0.05) is 13.1 Å². The highest BCUT2D eigenvalue weighted by Crippen LogP contribution is 2.29.